The third-order valence-corrected chi connectivity index (χ3v) is 4.66. The van der Waals surface area contributed by atoms with E-state index >= 15 is 0 Å². The lowest BCUT2D eigenvalue weighted by Gasteiger charge is -2.16. The molecule has 0 unspecified atom stereocenters. The number of nitro groups is 1. The van der Waals surface area contributed by atoms with Gasteiger partial charge in [-0.1, -0.05) is 26.8 Å². The molecule has 3 aromatic rings. The first-order chi connectivity index (χ1) is 17.1. The van der Waals surface area contributed by atoms with Crippen LogP contribution in [0.2, 0.25) is 0 Å². The number of rotatable bonds is 4. The van der Waals surface area contributed by atoms with Crippen molar-refractivity contribution in [3.05, 3.63) is 83.0 Å². The van der Waals surface area contributed by atoms with E-state index in [1.807, 2.05) is 20.8 Å². The van der Waals surface area contributed by atoms with Gasteiger partial charge in [0.25, 0.3) is 11.1 Å². The topological polar surface area (TPSA) is 184 Å². The molecule has 2 heterocycles. The monoisotopic (exact) mass is 525 g/mol. The number of carboxylic acid groups (broad SMARTS) is 1. The van der Waals surface area contributed by atoms with E-state index in [0.717, 1.165) is 5.69 Å². The molecule has 198 valence electrons. The van der Waals surface area contributed by atoms with Gasteiger partial charge in [0.2, 0.25) is 0 Å². The molecule has 37 heavy (non-hydrogen) atoms. The van der Waals surface area contributed by atoms with E-state index in [2.05, 4.69) is 19.9 Å². The van der Waals surface area contributed by atoms with Crippen molar-refractivity contribution in [2.75, 3.05) is 7.11 Å². The number of imidazole rings is 1. The highest BCUT2D eigenvalue weighted by Crippen LogP contribution is 2.30. The van der Waals surface area contributed by atoms with Crippen LogP contribution in [-0.2, 0) is 10.2 Å². The quantitative estimate of drug-likeness (QED) is 0.290. The highest BCUT2D eigenvalue weighted by Gasteiger charge is 2.38. The van der Waals surface area contributed by atoms with Gasteiger partial charge in [0.1, 0.15) is 10.7 Å². The number of carboxylic acids is 1. The van der Waals surface area contributed by atoms with Gasteiger partial charge in [0.05, 0.1) is 29.6 Å². The maximum absolute atomic E-state index is 12.5. The molecule has 4 N–H and O–H groups in total. The Bertz CT molecular complexity index is 1550. The Morgan fingerprint density at radius 1 is 1.11 bits per heavy atom. The molecule has 0 atom stereocenters. The number of para-hydroxylation sites is 1. The fourth-order valence-corrected chi connectivity index (χ4v) is 3.02. The van der Waals surface area contributed by atoms with Crippen molar-refractivity contribution in [3.63, 3.8) is 0 Å². The van der Waals surface area contributed by atoms with E-state index in [-0.39, 0.29) is 33.1 Å². The molecule has 0 saturated heterocycles. The van der Waals surface area contributed by atoms with Gasteiger partial charge < -0.3 is 24.8 Å². The number of carbonyl (C=O) groups is 1. The standard InChI is InChI=1S/C20H21N5O5.C2HF3O2/c1-20(2,3)17-12(21-10-22-17)9-14-19(27)23-13(18(26)24-14)8-11-6-5-7-15(30-4)16(11)25(28)29;3-2(4,5)1(6)7/h5-10H,1-4H3,(H,21,22)(H,23,27)(H,24,26);(H,6,7)/b13-8-,14-9-;. The summed E-state index contributed by atoms with van der Waals surface area (Å²) in [4.78, 5) is 57.0. The van der Waals surface area contributed by atoms with E-state index in [4.69, 9.17) is 14.6 Å². The first-order valence-electron chi connectivity index (χ1n) is 10.3. The summed E-state index contributed by atoms with van der Waals surface area (Å²) in [5.74, 6) is -2.71. The van der Waals surface area contributed by atoms with Crippen LogP contribution in [0.4, 0.5) is 18.9 Å². The normalized spacial score (nSPS) is 12.6. The first-order valence-corrected chi connectivity index (χ1v) is 10.3. The minimum Gasteiger partial charge on any atom is -0.490 e. The second-order valence-electron chi connectivity index (χ2n) is 8.40. The van der Waals surface area contributed by atoms with Gasteiger partial charge in [-0.25, -0.2) is 9.78 Å². The molecule has 0 amide bonds. The number of hydrogen-bond donors (Lipinski definition) is 4. The van der Waals surface area contributed by atoms with Crippen LogP contribution in [0.5, 0.6) is 5.75 Å². The predicted octanol–water partition coefficient (Wildman–Crippen LogP) is 1.29. The molecular weight excluding hydrogens is 503 g/mol. The number of aromatic amines is 3. The van der Waals surface area contributed by atoms with E-state index in [1.165, 1.54) is 37.7 Å². The van der Waals surface area contributed by atoms with Crippen LogP contribution in [0.15, 0.2) is 34.1 Å². The van der Waals surface area contributed by atoms with Crippen LogP contribution < -0.4 is 26.6 Å². The summed E-state index contributed by atoms with van der Waals surface area (Å²) in [6, 6.07) is 4.45. The van der Waals surface area contributed by atoms with Gasteiger partial charge in [0, 0.05) is 11.1 Å². The van der Waals surface area contributed by atoms with E-state index in [9.17, 15) is 32.9 Å². The third-order valence-electron chi connectivity index (χ3n) is 4.66. The van der Waals surface area contributed by atoms with Crippen molar-refractivity contribution in [1.82, 2.24) is 19.9 Å². The van der Waals surface area contributed by atoms with Crippen molar-refractivity contribution in [1.29, 1.82) is 0 Å². The first kappa shape index (κ1) is 28.5. The molecule has 0 aliphatic carbocycles. The number of nitrogens with zero attached hydrogens (tertiary/aromatic N) is 2. The summed E-state index contributed by atoms with van der Waals surface area (Å²) < 4.78 is 36.8. The minimum absolute atomic E-state index is 0.0230. The number of nitrogens with one attached hydrogen (secondary N) is 3. The Morgan fingerprint density at radius 2 is 1.65 bits per heavy atom. The molecule has 0 bridgehead atoms. The molecule has 0 spiro atoms. The van der Waals surface area contributed by atoms with Gasteiger partial charge in [-0.2, -0.15) is 13.2 Å². The zero-order valence-electron chi connectivity index (χ0n) is 19.9. The van der Waals surface area contributed by atoms with Crippen LogP contribution in [0.25, 0.3) is 12.2 Å². The van der Waals surface area contributed by atoms with Crippen molar-refractivity contribution in [3.8, 4) is 5.75 Å². The molecule has 0 aliphatic rings. The van der Waals surface area contributed by atoms with Gasteiger partial charge in [0.15, 0.2) is 5.75 Å². The molecular formula is C22H22F3N5O7. The number of halogens is 3. The molecule has 1 aromatic carbocycles. The Hall–Kier alpha value is -4.69. The molecule has 0 radical (unpaired) electrons. The zero-order chi connectivity index (χ0) is 28.1. The van der Waals surface area contributed by atoms with Crippen molar-refractivity contribution < 1.29 is 32.7 Å². The molecule has 3 rings (SSSR count). The number of ether oxygens (including phenoxy) is 1. The van der Waals surface area contributed by atoms with Crippen LogP contribution in [0, 0.1) is 10.1 Å². The minimum atomic E-state index is -5.08. The molecule has 2 aromatic heterocycles. The molecule has 12 nitrogen and oxygen atoms in total. The van der Waals surface area contributed by atoms with Gasteiger partial charge >= 0.3 is 17.8 Å². The van der Waals surface area contributed by atoms with E-state index in [1.54, 1.807) is 6.07 Å². The molecule has 15 heteroatoms. The Labute approximate surface area is 205 Å². The maximum atomic E-state index is 12.5. The van der Waals surface area contributed by atoms with Crippen LogP contribution in [-0.4, -0.2) is 49.2 Å². The highest BCUT2D eigenvalue weighted by atomic mass is 19.4. The summed E-state index contributed by atoms with van der Waals surface area (Å²) in [7, 11) is 1.31. The number of aliphatic carboxylic acids is 1. The molecule has 0 fully saturated rings. The second kappa shape index (κ2) is 10.9. The average Bonchev–Trinajstić information content (AvgIpc) is 3.25. The average molecular weight is 525 g/mol. The highest BCUT2D eigenvalue weighted by molar-refractivity contribution is 5.73. The number of methoxy groups -OCH3 is 1. The Kier molecular flexibility index (Phi) is 8.43. The fourth-order valence-electron chi connectivity index (χ4n) is 3.02. The Morgan fingerprint density at radius 3 is 2.11 bits per heavy atom. The smallest absolute Gasteiger partial charge is 0.490 e. The van der Waals surface area contributed by atoms with Crippen LogP contribution in [0.1, 0.15) is 37.7 Å². The molecule has 0 aliphatic heterocycles. The van der Waals surface area contributed by atoms with Gasteiger partial charge in [-0.3, -0.25) is 19.7 Å². The van der Waals surface area contributed by atoms with E-state index in [0.29, 0.717) is 5.69 Å². The number of nitro benzene ring substituents is 1. The third kappa shape index (κ3) is 7.16. The second-order valence-corrected chi connectivity index (χ2v) is 8.40. The van der Waals surface area contributed by atoms with Crippen molar-refractivity contribution >= 4 is 23.8 Å². The SMILES string of the molecule is COc1cccc(/C=c2\[nH]c(=O)/c(=C/c3nc[nH]c3C(C)(C)C)[nH]c2=O)c1[N+](=O)[O-].O=C(O)C(F)(F)F. The number of hydrogen-bond acceptors (Lipinski definition) is 7. The summed E-state index contributed by atoms with van der Waals surface area (Å²) in [5, 5.41) is 18.5. The maximum Gasteiger partial charge on any atom is 0.490 e. The van der Waals surface area contributed by atoms with Gasteiger partial charge in [-0.05, 0) is 24.3 Å². The number of benzene rings is 1. The largest absolute Gasteiger partial charge is 0.490 e. The summed E-state index contributed by atoms with van der Waals surface area (Å²) >= 11 is 0. The fraction of sp³-hybridized carbons (Fsp3) is 0.273. The zero-order valence-corrected chi connectivity index (χ0v) is 19.9. The number of alkyl halides is 3. The number of aromatic nitrogens is 4. The molecule has 0 saturated carbocycles. The van der Waals surface area contributed by atoms with Crippen molar-refractivity contribution in [2.45, 2.75) is 32.4 Å². The summed E-state index contributed by atoms with van der Waals surface area (Å²) in [6.07, 6.45) is -0.850. The Balaban J connectivity index is 0.000000604. The van der Waals surface area contributed by atoms with E-state index < -0.39 is 28.2 Å². The predicted molar refractivity (Wildman–Crippen MR) is 125 cm³/mol. The lowest BCUT2D eigenvalue weighted by molar-refractivity contribution is -0.386. The van der Waals surface area contributed by atoms with Gasteiger partial charge in [-0.15, -0.1) is 0 Å². The summed E-state index contributed by atoms with van der Waals surface area (Å²) in [5.41, 5.74) is -0.245. The number of H-pyrrole nitrogens is 3. The van der Waals surface area contributed by atoms with Crippen LogP contribution >= 0.6 is 0 Å². The summed E-state index contributed by atoms with van der Waals surface area (Å²) in [6.45, 7) is 5.97. The van der Waals surface area contributed by atoms with Crippen molar-refractivity contribution in [2.24, 2.45) is 0 Å². The van der Waals surface area contributed by atoms with Crippen LogP contribution in [0.3, 0.4) is 0 Å². The lowest BCUT2D eigenvalue weighted by atomic mass is 9.90. The lowest BCUT2D eigenvalue weighted by Crippen LogP contribution is -2.46.